The van der Waals surface area contributed by atoms with E-state index in [-0.39, 0.29) is 31.7 Å². The molecule has 1 N–H and O–H groups in total. The topological polar surface area (TPSA) is 12.0 Å². The summed E-state index contributed by atoms with van der Waals surface area (Å²) in [6.45, 7) is 9.73. The summed E-state index contributed by atoms with van der Waals surface area (Å²) in [7, 11) is 0.218. The van der Waals surface area contributed by atoms with Crippen molar-refractivity contribution < 1.29 is 21.2 Å². The molecule has 22 heavy (non-hydrogen) atoms. The second kappa shape index (κ2) is 9.24. The molecule has 2 unspecified atom stereocenters. The molecule has 1 fully saturated rings. The van der Waals surface area contributed by atoms with Crippen LogP contribution in [0.3, 0.4) is 0 Å². The predicted octanol–water partition coefficient (Wildman–Crippen LogP) is 1.61. The Hall–Kier alpha value is -0.130. The molecule has 0 aromatic heterocycles. The third-order valence-electron chi connectivity index (χ3n) is 3.90. The standard InChI is InChI=1S/C19H29INS/c1-5-21-19-8-6-7-15(2)13-16(3)17(11-12-20-19)14-22(4)18-9-10-18/h6,8,13-14,18-19,21H,2,4-5,7,9-12H2,1,3H3/q-1/b8-6-,16-13-,17-14-. The molecule has 124 valence electrons. The molecule has 0 amide bonds. The van der Waals surface area contributed by atoms with Crippen LogP contribution in [-0.4, -0.2) is 26.1 Å². The second-order valence-corrected chi connectivity index (χ2v) is 11.1. The molecule has 1 aliphatic heterocycles. The van der Waals surface area contributed by atoms with E-state index in [1.807, 2.05) is 0 Å². The first-order valence-electron chi connectivity index (χ1n) is 8.16. The summed E-state index contributed by atoms with van der Waals surface area (Å²) >= 11 is 0.155. The first-order valence-corrected chi connectivity index (χ1v) is 12.5. The van der Waals surface area contributed by atoms with Crippen molar-refractivity contribution >= 4 is 16.4 Å². The van der Waals surface area contributed by atoms with Crippen LogP contribution in [0.2, 0.25) is 0 Å². The SMILES string of the molecule is C=C1/C=C(C)\C(=C/S(=C)C2CC2)CC[I-]C(NCC)/C=C\C1. The van der Waals surface area contributed by atoms with E-state index in [0.29, 0.717) is 4.05 Å². The fraction of sp³-hybridized carbons (Fsp3) is 0.526. The van der Waals surface area contributed by atoms with Crippen molar-refractivity contribution in [3.05, 3.63) is 46.9 Å². The van der Waals surface area contributed by atoms with Crippen LogP contribution in [0.15, 0.2) is 46.9 Å². The number of nitrogens with one attached hydrogen (secondary N) is 1. The summed E-state index contributed by atoms with van der Waals surface area (Å²) in [5.74, 6) is 4.39. The molecule has 1 nitrogen and oxygen atoms in total. The Bertz CT molecular complexity index is 512. The van der Waals surface area contributed by atoms with Crippen molar-refractivity contribution in [3.8, 4) is 0 Å². The van der Waals surface area contributed by atoms with Crippen molar-refractivity contribution in [2.75, 3.05) is 11.0 Å². The number of alkyl halides is 2. The van der Waals surface area contributed by atoms with E-state index < -0.39 is 0 Å². The number of hydrogen-bond donors (Lipinski definition) is 1. The van der Waals surface area contributed by atoms with Crippen LogP contribution in [0, 0.1) is 0 Å². The molecule has 3 heteroatoms. The first-order chi connectivity index (χ1) is 10.6. The maximum absolute atomic E-state index is 4.39. The first kappa shape index (κ1) is 18.2. The average molecular weight is 430 g/mol. The third kappa shape index (κ3) is 6.17. The fourth-order valence-corrected chi connectivity index (χ4v) is 6.94. The van der Waals surface area contributed by atoms with Crippen LogP contribution in [0.5, 0.6) is 0 Å². The van der Waals surface area contributed by atoms with E-state index in [4.69, 9.17) is 0 Å². The Labute approximate surface area is 149 Å². The zero-order valence-electron chi connectivity index (χ0n) is 13.9. The molecular weight excluding hydrogens is 401 g/mol. The Balaban J connectivity index is 2.13. The van der Waals surface area contributed by atoms with Crippen LogP contribution in [0.25, 0.3) is 0 Å². The van der Waals surface area contributed by atoms with Gasteiger partial charge in [0.25, 0.3) is 0 Å². The monoisotopic (exact) mass is 430 g/mol. The van der Waals surface area contributed by atoms with Gasteiger partial charge < -0.3 is 0 Å². The summed E-state index contributed by atoms with van der Waals surface area (Å²) < 4.78 is 1.95. The van der Waals surface area contributed by atoms with Crippen molar-refractivity contribution in [2.45, 2.75) is 48.8 Å². The van der Waals surface area contributed by atoms with Crippen LogP contribution in [0.1, 0.15) is 39.5 Å². The van der Waals surface area contributed by atoms with Crippen molar-refractivity contribution in [1.29, 1.82) is 0 Å². The molecule has 0 aromatic rings. The molecule has 2 aliphatic rings. The molecule has 0 aromatic carbocycles. The molecule has 2 atom stereocenters. The van der Waals surface area contributed by atoms with Gasteiger partial charge in [0.2, 0.25) is 0 Å². The summed E-state index contributed by atoms with van der Waals surface area (Å²) in [6.07, 6.45) is 11.9. The number of likely N-dealkylation sites (N-methyl/N-ethyl adjacent to an activating group) is 1. The summed E-state index contributed by atoms with van der Waals surface area (Å²) in [5.41, 5.74) is 4.15. The van der Waals surface area contributed by atoms with Gasteiger partial charge in [-0.1, -0.05) is 0 Å². The molecule has 2 rings (SSSR count). The minimum absolute atomic E-state index is 0.155. The summed E-state index contributed by atoms with van der Waals surface area (Å²) in [5, 5.41) is 6.96. The van der Waals surface area contributed by atoms with Crippen LogP contribution in [0.4, 0.5) is 0 Å². The Morgan fingerprint density at radius 2 is 2.23 bits per heavy atom. The number of halogens is 1. The van der Waals surface area contributed by atoms with E-state index in [0.717, 1.165) is 18.2 Å². The van der Waals surface area contributed by atoms with Crippen LogP contribution < -0.4 is 26.5 Å². The zero-order valence-corrected chi connectivity index (χ0v) is 16.9. The van der Waals surface area contributed by atoms with Crippen molar-refractivity contribution in [2.24, 2.45) is 0 Å². The minimum atomic E-state index is 0.155. The summed E-state index contributed by atoms with van der Waals surface area (Å²) in [6, 6.07) is 0. The Morgan fingerprint density at radius 1 is 1.45 bits per heavy atom. The van der Waals surface area contributed by atoms with Gasteiger partial charge in [-0.2, -0.15) is 0 Å². The van der Waals surface area contributed by atoms with Crippen LogP contribution in [-0.2, 0) is 0 Å². The van der Waals surface area contributed by atoms with Crippen molar-refractivity contribution in [3.63, 3.8) is 0 Å². The normalized spacial score (nSPS) is 31.5. The van der Waals surface area contributed by atoms with E-state index in [1.54, 1.807) is 0 Å². The molecule has 1 heterocycles. The van der Waals surface area contributed by atoms with Gasteiger partial charge in [0.05, 0.1) is 0 Å². The molecule has 0 radical (unpaired) electrons. The Kier molecular flexibility index (Phi) is 7.65. The van der Waals surface area contributed by atoms with E-state index >= 15 is 0 Å². The predicted molar refractivity (Wildman–Crippen MR) is 99.4 cm³/mol. The van der Waals surface area contributed by atoms with Gasteiger partial charge in [0.1, 0.15) is 0 Å². The van der Waals surface area contributed by atoms with Gasteiger partial charge in [-0.25, -0.2) is 0 Å². The van der Waals surface area contributed by atoms with Gasteiger partial charge in [0, 0.05) is 0 Å². The van der Waals surface area contributed by atoms with E-state index in [2.05, 4.69) is 55.2 Å². The zero-order chi connectivity index (χ0) is 15.9. The van der Waals surface area contributed by atoms with Crippen molar-refractivity contribution in [1.82, 2.24) is 5.32 Å². The van der Waals surface area contributed by atoms with Gasteiger partial charge in [-0.15, -0.1) is 0 Å². The van der Waals surface area contributed by atoms with E-state index in [9.17, 15) is 0 Å². The third-order valence-corrected chi connectivity index (χ3v) is 8.78. The number of rotatable bonds is 4. The molecule has 1 saturated carbocycles. The second-order valence-electron chi connectivity index (χ2n) is 5.98. The maximum atomic E-state index is 4.39. The average Bonchev–Trinajstić information content (AvgIpc) is 3.29. The van der Waals surface area contributed by atoms with Gasteiger partial charge in [-0.3, -0.25) is 0 Å². The quantitative estimate of drug-likeness (QED) is 0.235. The van der Waals surface area contributed by atoms with E-state index in [1.165, 1.54) is 40.4 Å². The molecule has 1 aliphatic carbocycles. The molecule has 0 spiro atoms. The molecular formula is C19H29INS-. The molecule has 0 bridgehead atoms. The number of allylic oxidation sites excluding steroid dienone is 5. The molecule has 0 saturated heterocycles. The van der Waals surface area contributed by atoms with Gasteiger partial charge in [-0.05, 0) is 0 Å². The number of hydrogen-bond acceptors (Lipinski definition) is 1. The van der Waals surface area contributed by atoms with Gasteiger partial charge in [0.15, 0.2) is 0 Å². The van der Waals surface area contributed by atoms with Gasteiger partial charge >= 0.3 is 150 Å². The fourth-order valence-electron chi connectivity index (χ4n) is 2.44. The van der Waals surface area contributed by atoms with Crippen LogP contribution >= 0.6 is 10.5 Å². The summed E-state index contributed by atoms with van der Waals surface area (Å²) in [4.78, 5) is 0. The Morgan fingerprint density at radius 3 is 2.91 bits per heavy atom.